The molecule has 4 aliphatic rings. The van der Waals surface area contributed by atoms with Crippen molar-refractivity contribution in [1.29, 1.82) is 0 Å². The summed E-state index contributed by atoms with van der Waals surface area (Å²) in [6.07, 6.45) is 8.57. The highest BCUT2D eigenvalue weighted by Crippen LogP contribution is 2.47. The number of fused-ring (bicyclic) bond motifs is 1. The standard InChI is InChI=1S/C38H50N6O6/c1-25(7-2-13-34(46)43-18-6-12-31(43)24-45)38(50)32-20-30(42-36(48)28-10-5-17-40-22-28)14-15-33(32)44(37(38)49)23-26-8-3-11-29(19-26)41-35(47)27-9-4-16-39-21-27/h2-3,7-8,11,14-15,19-20,25,27-28,31,39-40,45,50H,4-6,9-10,12-13,16-18,21-24H2,1H3,(H,41,47)(H,42,48)/b7-2+/t25-,27?,28?,31+,38+/m1/s1. The number of hydrogen-bond acceptors (Lipinski definition) is 8. The van der Waals surface area contributed by atoms with Crippen molar-refractivity contribution in [2.75, 3.05) is 54.9 Å². The van der Waals surface area contributed by atoms with E-state index in [1.165, 1.54) is 0 Å². The molecule has 50 heavy (non-hydrogen) atoms. The van der Waals surface area contributed by atoms with E-state index in [-0.39, 0.29) is 55.2 Å². The van der Waals surface area contributed by atoms with E-state index in [2.05, 4.69) is 21.3 Å². The van der Waals surface area contributed by atoms with E-state index in [0.29, 0.717) is 42.3 Å². The van der Waals surface area contributed by atoms with Gasteiger partial charge in [-0.25, -0.2) is 0 Å². The number of amides is 4. The lowest BCUT2D eigenvalue weighted by molar-refractivity contribution is -0.139. The summed E-state index contributed by atoms with van der Waals surface area (Å²) in [4.78, 5) is 56.5. The molecule has 2 aromatic rings. The highest BCUT2D eigenvalue weighted by molar-refractivity contribution is 6.08. The van der Waals surface area contributed by atoms with Gasteiger partial charge in [0.05, 0.1) is 36.7 Å². The van der Waals surface area contributed by atoms with Crippen LogP contribution in [0, 0.1) is 17.8 Å². The summed E-state index contributed by atoms with van der Waals surface area (Å²) in [5, 5.41) is 34.6. The summed E-state index contributed by atoms with van der Waals surface area (Å²) >= 11 is 0. The summed E-state index contributed by atoms with van der Waals surface area (Å²) in [7, 11) is 0. The number of aliphatic hydroxyl groups is 2. The molecule has 0 bridgehead atoms. The van der Waals surface area contributed by atoms with Crippen LogP contribution < -0.4 is 26.2 Å². The van der Waals surface area contributed by atoms with Crippen LogP contribution >= 0.6 is 0 Å². The SMILES string of the molecule is C[C@H](/C=C/CC(=O)N1CCC[C@H]1CO)[C@@]1(O)C(=O)N(Cc2cccc(NC(=O)C3CCCNC3)c2)c2ccc(NC(=O)C3CCCNC3)cc21. The van der Waals surface area contributed by atoms with Crippen molar-refractivity contribution in [3.8, 4) is 0 Å². The molecule has 6 rings (SSSR count). The molecule has 2 aromatic carbocycles. The number of piperidine rings is 2. The second-order valence-corrected chi connectivity index (χ2v) is 14.1. The molecule has 2 unspecified atom stereocenters. The van der Waals surface area contributed by atoms with Crippen LogP contribution in [0.5, 0.6) is 0 Å². The quantitative estimate of drug-likeness (QED) is 0.197. The van der Waals surface area contributed by atoms with Gasteiger partial charge in [0, 0.05) is 48.9 Å². The molecular formula is C38H50N6O6. The van der Waals surface area contributed by atoms with E-state index in [1.807, 2.05) is 24.3 Å². The number of hydrogen-bond donors (Lipinski definition) is 6. The van der Waals surface area contributed by atoms with Crippen LogP contribution in [0.15, 0.2) is 54.6 Å². The summed E-state index contributed by atoms with van der Waals surface area (Å²) < 4.78 is 0. The molecule has 4 aliphatic heterocycles. The van der Waals surface area contributed by atoms with Gasteiger partial charge in [-0.3, -0.25) is 19.2 Å². The number of anilines is 3. The van der Waals surface area contributed by atoms with Gasteiger partial charge < -0.3 is 41.3 Å². The van der Waals surface area contributed by atoms with Crippen molar-refractivity contribution in [1.82, 2.24) is 15.5 Å². The van der Waals surface area contributed by atoms with E-state index >= 15 is 0 Å². The number of rotatable bonds is 11. The molecular weight excluding hydrogens is 636 g/mol. The molecule has 4 amide bonds. The van der Waals surface area contributed by atoms with Crippen molar-refractivity contribution in [2.45, 2.75) is 70.1 Å². The molecule has 0 radical (unpaired) electrons. The summed E-state index contributed by atoms with van der Waals surface area (Å²) in [5.41, 5.74) is 0.829. The maximum Gasteiger partial charge on any atom is 0.264 e. The van der Waals surface area contributed by atoms with Gasteiger partial charge in [-0.05, 0) is 87.5 Å². The molecule has 12 nitrogen and oxygen atoms in total. The average Bonchev–Trinajstić information content (AvgIpc) is 3.70. The molecule has 3 saturated heterocycles. The summed E-state index contributed by atoms with van der Waals surface area (Å²) in [6, 6.07) is 12.4. The van der Waals surface area contributed by atoms with Crippen LogP contribution in [0.1, 0.15) is 63.0 Å². The third kappa shape index (κ3) is 7.63. The topological polar surface area (TPSA) is 163 Å². The number of carbonyl (C=O) groups is 4. The van der Waals surface area contributed by atoms with E-state index in [4.69, 9.17) is 0 Å². The van der Waals surface area contributed by atoms with Gasteiger partial charge in [0.2, 0.25) is 17.7 Å². The Morgan fingerprint density at radius 1 is 0.960 bits per heavy atom. The lowest BCUT2D eigenvalue weighted by Gasteiger charge is -2.28. The van der Waals surface area contributed by atoms with E-state index < -0.39 is 17.4 Å². The Morgan fingerprint density at radius 2 is 1.64 bits per heavy atom. The number of likely N-dealkylation sites (tertiary alicyclic amines) is 1. The van der Waals surface area contributed by atoms with Gasteiger partial charge in [0.1, 0.15) is 0 Å². The maximum absolute atomic E-state index is 14.3. The average molecular weight is 687 g/mol. The lowest BCUT2D eigenvalue weighted by atomic mass is 9.82. The van der Waals surface area contributed by atoms with Crippen LogP contribution in [0.4, 0.5) is 17.1 Å². The van der Waals surface area contributed by atoms with E-state index in [0.717, 1.165) is 57.2 Å². The molecule has 5 atom stereocenters. The fourth-order valence-corrected chi connectivity index (χ4v) is 7.74. The van der Waals surface area contributed by atoms with E-state index in [1.54, 1.807) is 47.1 Å². The van der Waals surface area contributed by atoms with Crippen molar-refractivity contribution in [2.24, 2.45) is 17.8 Å². The molecule has 3 fully saturated rings. The Morgan fingerprint density at radius 3 is 2.28 bits per heavy atom. The second-order valence-electron chi connectivity index (χ2n) is 14.1. The van der Waals surface area contributed by atoms with Gasteiger partial charge in [-0.15, -0.1) is 0 Å². The summed E-state index contributed by atoms with van der Waals surface area (Å²) in [5.74, 6) is -1.77. The minimum atomic E-state index is -1.97. The zero-order chi connectivity index (χ0) is 35.3. The minimum absolute atomic E-state index is 0.0411. The first kappa shape index (κ1) is 35.7. The van der Waals surface area contributed by atoms with Gasteiger partial charge in [-0.1, -0.05) is 31.2 Å². The van der Waals surface area contributed by atoms with Crippen molar-refractivity contribution in [3.63, 3.8) is 0 Å². The van der Waals surface area contributed by atoms with Gasteiger partial charge in [-0.2, -0.15) is 0 Å². The zero-order valence-electron chi connectivity index (χ0n) is 28.8. The lowest BCUT2D eigenvalue weighted by Crippen LogP contribution is -2.44. The van der Waals surface area contributed by atoms with Crippen LogP contribution in [-0.4, -0.2) is 84.1 Å². The number of aliphatic hydroxyl groups excluding tert-OH is 1. The Kier molecular flexibility index (Phi) is 11.3. The molecule has 6 N–H and O–H groups in total. The van der Waals surface area contributed by atoms with Crippen molar-refractivity contribution >= 4 is 40.7 Å². The predicted molar refractivity (Wildman–Crippen MR) is 191 cm³/mol. The highest BCUT2D eigenvalue weighted by atomic mass is 16.3. The fraction of sp³-hybridized carbons (Fsp3) is 0.526. The monoisotopic (exact) mass is 686 g/mol. The van der Waals surface area contributed by atoms with Crippen LogP contribution in [0.25, 0.3) is 0 Å². The van der Waals surface area contributed by atoms with Crippen molar-refractivity contribution in [3.05, 3.63) is 65.7 Å². The first-order valence-corrected chi connectivity index (χ1v) is 18.1. The van der Waals surface area contributed by atoms with Crippen molar-refractivity contribution < 1.29 is 29.4 Å². The Bertz CT molecular complexity index is 1600. The highest BCUT2D eigenvalue weighted by Gasteiger charge is 2.52. The van der Waals surface area contributed by atoms with E-state index in [9.17, 15) is 29.4 Å². The number of benzene rings is 2. The maximum atomic E-state index is 14.3. The first-order valence-electron chi connectivity index (χ1n) is 18.1. The number of nitrogens with one attached hydrogen (secondary N) is 4. The molecule has 268 valence electrons. The Labute approximate surface area is 293 Å². The second kappa shape index (κ2) is 15.8. The van der Waals surface area contributed by atoms with Crippen LogP contribution in [0.3, 0.4) is 0 Å². The molecule has 0 aromatic heterocycles. The Balaban J connectivity index is 1.24. The zero-order valence-corrected chi connectivity index (χ0v) is 28.8. The first-order chi connectivity index (χ1) is 24.2. The van der Waals surface area contributed by atoms with Gasteiger partial charge in [0.25, 0.3) is 5.91 Å². The molecule has 4 heterocycles. The number of nitrogens with zero attached hydrogens (tertiary/aromatic N) is 2. The minimum Gasteiger partial charge on any atom is -0.394 e. The molecule has 0 spiro atoms. The largest absolute Gasteiger partial charge is 0.394 e. The normalized spacial score (nSPS) is 25.8. The number of carbonyl (C=O) groups excluding carboxylic acids is 4. The third-order valence-corrected chi connectivity index (χ3v) is 10.7. The molecule has 0 aliphatic carbocycles. The predicted octanol–water partition coefficient (Wildman–Crippen LogP) is 2.86. The summed E-state index contributed by atoms with van der Waals surface area (Å²) in [6.45, 7) is 5.47. The molecule has 12 heteroatoms. The van der Waals surface area contributed by atoms with Gasteiger partial charge >= 0.3 is 0 Å². The smallest absolute Gasteiger partial charge is 0.264 e. The van der Waals surface area contributed by atoms with Crippen LogP contribution in [0.2, 0.25) is 0 Å². The van der Waals surface area contributed by atoms with Crippen LogP contribution in [-0.2, 0) is 31.3 Å². The molecule has 0 saturated carbocycles. The Hall–Kier alpha value is -4.10. The van der Waals surface area contributed by atoms with Gasteiger partial charge in [0.15, 0.2) is 5.60 Å². The third-order valence-electron chi connectivity index (χ3n) is 10.7. The fourth-order valence-electron chi connectivity index (χ4n) is 7.74.